The fourth-order valence-corrected chi connectivity index (χ4v) is 1.83. The molecule has 0 bridgehead atoms. The zero-order valence-corrected chi connectivity index (χ0v) is 9.19. The molecule has 1 aliphatic rings. The SMILES string of the molecule is CCOc1ccccc1C1CNC(C)O1. The lowest BCUT2D eigenvalue weighted by Gasteiger charge is -2.14. The molecule has 0 amide bonds. The van der Waals surface area contributed by atoms with E-state index in [1.807, 2.05) is 32.0 Å². The third-order valence-electron chi connectivity index (χ3n) is 2.52. The van der Waals surface area contributed by atoms with Crippen molar-refractivity contribution >= 4 is 0 Å². The largest absolute Gasteiger partial charge is 0.493 e. The molecule has 1 aromatic carbocycles. The fourth-order valence-electron chi connectivity index (χ4n) is 1.83. The summed E-state index contributed by atoms with van der Waals surface area (Å²) in [4.78, 5) is 0. The summed E-state index contributed by atoms with van der Waals surface area (Å²) in [5, 5.41) is 3.26. The molecule has 1 fully saturated rings. The maximum Gasteiger partial charge on any atom is 0.125 e. The standard InChI is InChI=1S/C12H17NO2/c1-3-14-11-7-5-4-6-10(11)12-8-13-9(2)15-12/h4-7,9,12-13H,3,8H2,1-2H3. The van der Waals surface area contributed by atoms with Gasteiger partial charge in [-0.3, -0.25) is 5.32 Å². The first-order valence-electron chi connectivity index (χ1n) is 5.42. The van der Waals surface area contributed by atoms with Gasteiger partial charge in [0.05, 0.1) is 6.61 Å². The van der Waals surface area contributed by atoms with Crippen LogP contribution in [0.25, 0.3) is 0 Å². The van der Waals surface area contributed by atoms with E-state index in [1.54, 1.807) is 0 Å². The van der Waals surface area contributed by atoms with Crippen LogP contribution in [0.5, 0.6) is 5.75 Å². The Balaban J connectivity index is 2.19. The molecule has 0 aliphatic carbocycles. The number of ether oxygens (including phenoxy) is 2. The maximum atomic E-state index is 5.74. The predicted molar refractivity (Wildman–Crippen MR) is 58.9 cm³/mol. The Kier molecular flexibility index (Phi) is 3.23. The number of nitrogens with one attached hydrogen (secondary N) is 1. The minimum Gasteiger partial charge on any atom is -0.493 e. The Morgan fingerprint density at radius 2 is 2.27 bits per heavy atom. The van der Waals surface area contributed by atoms with Crippen molar-refractivity contribution in [3.05, 3.63) is 29.8 Å². The summed E-state index contributed by atoms with van der Waals surface area (Å²) in [6, 6.07) is 8.06. The Hall–Kier alpha value is -1.06. The monoisotopic (exact) mass is 207 g/mol. The second-order valence-corrected chi connectivity index (χ2v) is 3.65. The lowest BCUT2D eigenvalue weighted by molar-refractivity contribution is 0.0513. The van der Waals surface area contributed by atoms with Crippen LogP contribution in [0.1, 0.15) is 25.5 Å². The normalized spacial score (nSPS) is 25.5. The van der Waals surface area contributed by atoms with Gasteiger partial charge in [0.2, 0.25) is 0 Å². The number of para-hydroxylation sites is 1. The quantitative estimate of drug-likeness (QED) is 0.823. The summed E-state index contributed by atoms with van der Waals surface area (Å²) >= 11 is 0. The van der Waals surface area contributed by atoms with Crippen molar-refractivity contribution in [2.75, 3.05) is 13.2 Å². The first kappa shape index (κ1) is 10.5. The lowest BCUT2D eigenvalue weighted by atomic mass is 10.1. The van der Waals surface area contributed by atoms with Gasteiger partial charge in [-0.1, -0.05) is 18.2 Å². The van der Waals surface area contributed by atoms with Crippen LogP contribution in [0.3, 0.4) is 0 Å². The summed E-state index contributed by atoms with van der Waals surface area (Å²) in [6.07, 6.45) is 0.243. The van der Waals surface area contributed by atoms with Crippen LogP contribution in [-0.2, 0) is 4.74 Å². The van der Waals surface area contributed by atoms with E-state index in [0.29, 0.717) is 6.61 Å². The molecule has 0 aromatic heterocycles. The average molecular weight is 207 g/mol. The van der Waals surface area contributed by atoms with E-state index in [9.17, 15) is 0 Å². The minimum atomic E-state index is 0.114. The van der Waals surface area contributed by atoms with Gasteiger partial charge < -0.3 is 9.47 Å². The van der Waals surface area contributed by atoms with Crippen LogP contribution in [0.15, 0.2) is 24.3 Å². The Morgan fingerprint density at radius 1 is 1.47 bits per heavy atom. The first-order valence-corrected chi connectivity index (χ1v) is 5.42. The van der Waals surface area contributed by atoms with Gasteiger partial charge >= 0.3 is 0 Å². The van der Waals surface area contributed by atoms with Crippen LogP contribution in [0.4, 0.5) is 0 Å². The van der Waals surface area contributed by atoms with Crippen LogP contribution >= 0.6 is 0 Å². The molecule has 3 heteroatoms. The van der Waals surface area contributed by atoms with Gasteiger partial charge in [-0.2, -0.15) is 0 Å². The molecule has 82 valence electrons. The molecule has 1 saturated heterocycles. The van der Waals surface area contributed by atoms with Crippen molar-refractivity contribution in [1.82, 2.24) is 5.32 Å². The molecular weight excluding hydrogens is 190 g/mol. The smallest absolute Gasteiger partial charge is 0.125 e. The Bertz CT molecular complexity index is 327. The first-order chi connectivity index (χ1) is 7.31. The van der Waals surface area contributed by atoms with Crippen LogP contribution < -0.4 is 10.1 Å². The average Bonchev–Trinajstić information content (AvgIpc) is 2.66. The number of rotatable bonds is 3. The van der Waals surface area contributed by atoms with Gasteiger partial charge in [0, 0.05) is 12.1 Å². The van der Waals surface area contributed by atoms with Crippen LogP contribution in [0, 0.1) is 0 Å². The fraction of sp³-hybridized carbons (Fsp3) is 0.500. The van der Waals surface area contributed by atoms with E-state index >= 15 is 0 Å². The molecule has 0 radical (unpaired) electrons. The van der Waals surface area contributed by atoms with Crippen LogP contribution in [-0.4, -0.2) is 19.4 Å². The summed E-state index contributed by atoms with van der Waals surface area (Å²) in [6.45, 7) is 5.55. The molecule has 3 nitrogen and oxygen atoms in total. The molecule has 1 aromatic rings. The molecule has 1 aliphatic heterocycles. The minimum absolute atomic E-state index is 0.114. The Labute approximate surface area is 90.4 Å². The highest BCUT2D eigenvalue weighted by molar-refractivity contribution is 5.35. The molecule has 0 spiro atoms. The third-order valence-corrected chi connectivity index (χ3v) is 2.52. The van der Waals surface area contributed by atoms with E-state index < -0.39 is 0 Å². The van der Waals surface area contributed by atoms with Gasteiger partial charge in [0.1, 0.15) is 18.1 Å². The highest BCUT2D eigenvalue weighted by atomic mass is 16.5. The van der Waals surface area contributed by atoms with Gasteiger partial charge in [0.25, 0.3) is 0 Å². The number of hydrogen-bond donors (Lipinski definition) is 1. The third kappa shape index (κ3) is 2.30. The van der Waals surface area contributed by atoms with E-state index in [4.69, 9.17) is 9.47 Å². The summed E-state index contributed by atoms with van der Waals surface area (Å²) in [5.74, 6) is 0.931. The maximum absolute atomic E-state index is 5.74. The van der Waals surface area contributed by atoms with E-state index in [2.05, 4.69) is 11.4 Å². The molecule has 2 atom stereocenters. The highest BCUT2D eigenvalue weighted by Gasteiger charge is 2.24. The van der Waals surface area contributed by atoms with Crippen molar-refractivity contribution in [3.63, 3.8) is 0 Å². The van der Waals surface area contributed by atoms with Crippen molar-refractivity contribution in [2.24, 2.45) is 0 Å². The summed E-state index contributed by atoms with van der Waals surface area (Å²) in [7, 11) is 0. The number of benzene rings is 1. The van der Waals surface area contributed by atoms with Crippen molar-refractivity contribution in [1.29, 1.82) is 0 Å². The summed E-state index contributed by atoms with van der Waals surface area (Å²) < 4.78 is 11.3. The zero-order chi connectivity index (χ0) is 10.7. The van der Waals surface area contributed by atoms with E-state index in [0.717, 1.165) is 17.9 Å². The molecule has 2 rings (SSSR count). The molecule has 1 heterocycles. The van der Waals surface area contributed by atoms with Gasteiger partial charge in [0.15, 0.2) is 0 Å². The lowest BCUT2D eigenvalue weighted by Crippen LogP contribution is -2.17. The van der Waals surface area contributed by atoms with Crippen molar-refractivity contribution < 1.29 is 9.47 Å². The van der Waals surface area contributed by atoms with Gasteiger partial charge in [-0.15, -0.1) is 0 Å². The van der Waals surface area contributed by atoms with Gasteiger partial charge in [-0.05, 0) is 19.9 Å². The molecule has 0 saturated carbocycles. The van der Waals surface area contributed by atoms with Gasteiger partial charge in [-0.25, -0.2) is 0 Å². The van der Waals surface area contributed by atoms with Crippen LogP contribution in [0.2, 0.25) is 0 Å². The number of hydrogen-bond acceptors (Lipinski definition) is 3. The summed E-state index contributed by atoms with van der Waals surface area (Å²) in [5.41, 5.74) is 1.14. The molecule has 2 unspecified atom stereocenters. The predicted octanol–water partition coefficient (Wildman–Crippen LogP) is 2.09. The Morgan fingerprint density at radius 3 is 2.93 bits per heavy atom. The molecular formula is C12H17NO2. The molecule has 1 N–H and O–H groups in total. The topological polar surface area (TPSA) is 30.5 Å². The highest BCUT2D eigenvalue weighted by Crippen LogP contribution is 2.30. The zero-order valence-electron chi connectivity index (χ0n) is 9.19. The second-order valence-electron chi connectivity index (χ2n) is 3.65. The van der Waals surface area contributed by atoms with E-state index in [-0.39, 0.29) is 12.3 Å². The van der Waals surface area contributed by atoms with E-state index in [1.165, 1.54) is 0 Å². The van der Waals surface area contributed by atoms with Crippen molar-refractivity contribution in [2.45, 2.75) is 26.2 Å². The molecule has 15 heavy (non-hydrogen) atoms. The van der Waals surface area contributed by atoms with Crippen molar-refractivity contribution in [3.8, 4) is 5.75 Å². The second kappa shape index (κ2) is 4.64.